The van der Waals surface area contributed by atoms with Crippen molar-refractivity contribution in [3.8, 4) is 0 Å². The molecule has 0 aromatic rings. The summed E-state index contributed by atoms with van der Waals surface area (Å²) in [7, 11) is 0. The van der Waals surface area contributed by atoms with Gasteiger partial charge in [-0.25, -0.2) is 4.79 Å². The summed E-state index contributed by atoms with van der Waals surface area (Å²) in [5, 5.41) is 8.64. The lowest BCUT2D eigenvalue weighted by Gasteiger charge is -2.57. The normalized spacial score (nSPS) is 37.4. The van der Waals surface area contributed by atoms with Gasteiger partial charge >= 0.3 is 18.1 Å². The molecule has 8 nitrogen and oxygen atoms in total. The van der Waals surface area contributed by atoms with E-state index in [1.54, 1.807) is 0 Å². The summed E-state index contributed by atoms with van der Waals surface area (Å²) in [6.45, 7) is 5.99. The van der Waals surface area contributed by atoms with Crippen LogP contribution in [0.5, 0.6) is 0 Å². The number of carboxylic acid groups (broad SMARTS) is 1. The predicted octanol–water partition coefficient (Wildman–Crippen LogP) is 4.79. The highest BCUT2D eigenvalue weighted by Gasteiger charge is 2.60. The SMILES string of the molecule is CC(OC(=O)CCC(=O)O)OC(=O)O[C@H]1CC[C@H]2[C@@H]3CCC4=CC(=O)CC[C@]4(C)[C@H]3CC[C@]12C. The third kappa shape index (κ3) is 4.60. The highest BCUT2D eigenvalue weighted by atomic mass is 16.8. The summed E-state index contributed by atoms with van der Waals surface area (Å²) < 4.78 is 15.8. The van der Waals surface area contributed by atoms with E-state index in [0.29, 0.717) is 24.2 Å². The van der Waals surface area contributed by atoms with E-state index in [1.165, 1.54) is 12.5 Å². The molecule has 1 N–H and O–H groups in total. The van der Waals surface area contributed by atoms with E-state index in [-0.39, 0.29) is 35.6 Å². The van der Waals surface area contributed by atoms with Crippen molar-refractivity contribution in [1.29, 1.82) is 0 Å². The first-order valence-corrected chi connectivity index (χ1v) is 12.6. The van der Waals surface area contributed by atoms with Crippen molar-refractivity contribution in [2.75, 3.05) is 0 Å². The molecule has 1 unspecified atom stereocenters. The Morgan fingerprint density at radius 2 is 1.79 bits per heavy atom. The van der Waals surface area contributed by atoms with Crippen LogP contribution in [0.15, 0.2) is 11.6 Å². The van der Waals surface area contributed by atoms with Gasteiger partial charge in [-0.3, -0.25) is 14.4 Å². The lowest BCUT2D eigenvalue weighted by atomic mass is 9.47. The van der Waals surface area contributed by atoms with Crippen molar-refractivity contribution >= 4 is 23.9 Å². The molecule has 0 spiro atoms. The Morgan fingerprint density at radius 1 is 1.03 bits per heavy atom. The summed E-state index contributed by atoms with van der Waals surface area (Å²) in [4.78, 5) is 46.7. The number of ether oxygens (including phenoxy) is 3. The molecule has 4 aliphatic carbocycles. The monoisotopic (exact) mass is 476 g/mol. The standard InChI is InChI=1S/C26H36O8/c1-15(32-23(30)9-8-22(28)29)33-24(31)34-21-7-6-19-18-5-4-16-14-17(27)10-12-25(16,2)20(18)11-13-26(19,21)3/h14-15,18-21H,4-13H2,1-3H3,(H,28,29)/t15?,18-,19-,20-,21-,25-,26-/m0/s1. The van der Waals surface area contributed by atoms with Gasteiger partial charge in [0, 0.05) is 18.8 Å². The molecular weight excluding hydrogens is 440 g/mol. The molecule has 188 valence electrons. The molecule has 0 saturated heterocycles. The van der Waals surface area contributed by atoms with Crippen LogP contribution in [0.25, 0.3) is 0 Å². The molecule has 8 heteroatoms. The minimum absolute atomic E-state index is 0.107. The molecule has 0 bridgehead atoms. The van der Waals surface area contributed by atoms with Crippen LogP contribution in [0.1, 0.15) is 85.0 Å². The van der Waals surface area contributed by atoms with Crippen molar-refractivity contribution in [2.45, 2.75) is 97.4 Å². The molecule has 4 aliphatic rings. The number of fused-ring (bicyclic) bond motifs is 5. The van der Waals surface area contributed by atoms with Crippen molar-refractivity contribution in [3.63, 3.8) is 0 Å². The van der Waals surface area contributed by atoms with E-state index in [2.05, 4.69) is 13.8 Å². The Balaban J connectivity index is 1.35. The fourth-order valence-corrected chi connectivity index (χ4v) is 7.46. The van der Waals surface area contributed by atoms with Crippen LogP contribution >= 0.6 is 0 Å². The van der Waals surface area contributed by atoms with Crippen LogP contribution in [0, 0.1) is 28.6 Å². The molecular formula is C26H36O8. The lowest BCUT2D eigenvalue weighted by molar-refractivity contribution is -0.172. The number of aliphatic carboxylic acids is 1. The number of rotatable bonds is 6. The molecule has 0 heterocycles. The summed E-state index contributed by atoms with van der Waals surface area (Å²) in [6.07, 6.45) is 6.49. The predicted molar refractivity (Wildman–Crippen MR) is 120 cm³/mol. The molecule has 3 fully saturated rings. The second-order valence-electron chi connectivity index (χ2n) is 11.0. The van der Waals surface area contributed by atoms with Crippen molar-refractivity contribution < 1.29 is 38.5 Å². The summed E-state index contributed by atoms with van der Waals surface area (Å²) in [5.74, 6) is 0.0207. The highest BCUT2D eigenvalue weighted by Crippen LogP contribution is 2.65. The number of hydrogen-bond acceptors (Lipinski definition) is 7. The number of allylic oxidation sites excluding steroid dienone is 1. The quantitative estimate of drug-likeness (QED) is 0.429. The second-order valence-corrected chi connectivity index (χ2v) is 11.0. The molecule has 0 aliphatic heterocycles. The van der Waals surface area contributed by atoms with Gasteiger partial charge < -0.3 is 19.3 Å². The first kappa shape index (κ1) is 24.7. The topological polar surface area (TPSA) is 116 Å². The Morgan fingerprint density at radius 3 is 2.53 bits per heavy atom. The van der Waals surface area contributed by atoms with Crippen molar-refractivity contribution in [2.24, 2.45) is 28.6 Å². The van der Waals surface area contributed by atoms with Crippen LogP contribution in [0.4, 0.5) is 4.79 Å². The Bertz CT molecular complexity index is 893. The van der Waals surface area contributed by atoms with Crippen LogP contribution in [-0.4, -0.2) is 41.4 Å². The molecule has 0 aromatic carbocycles. The van der Waals surface area contributed by atoms with E-state index < -0.39 is 24.4 Å². The van der Waals surface area contributed by atoms with Gasteiger partial charge in [-0.15, -0.1) is 0 Å². The maximum Gasteiger partial charge on any atom is 0.511 e. The van der Waals surface area contributed by atoms with E-state index >= 15 is 0 Å². The fraction of sp³-hybridized carbons (Fsp3) is 0.769. The smallest absolute Gasteiger partial charge is 0.481 e. The zero-order chi connectivity index (χ0) is 24.7. The number of esters is 1. The highest BCUT2D eigenvalue weighted by molar-refractivity contribution is 5.91. The Hall–Kier alpha value is -2.38. The summed E-state index contributed by atoms with van der Waals surface area (Å²) >= 11 is 0. The van der Waals surface area contributed by atoms with Crippen LogP contribution in [0.3, 0.4) is 0 Å². The molecule has 3 saturated carbocycles. The van der Waals surface area contributed by atoms with Gasteiger partial charge in [0.1, 0.15) is 6.10 Å². The molecule has 4 rings (SSSR count). The minimum atomic E-state index is -1.15. The molecule has 0 amide bonds. The van der Waals surface area contributed by atoms with Crippen LogP contribution < -0.4 is 0 Å². The molecule has 7 atom stereocenters. The van der Waals surface area contributed by atoms with Gasteiger partial charge in [-0.2, -0.15) is 0 Å². The molecule has 0 radical (unpaired) electrons. The number of carboxylic acids is 1. The molecule has 34 heavy (non-hydrogen) atoms. The van der Waals surface area contributed by atoms with Gasteiger partial charge in [0.25, 0.3) is 0 Å². The van der Waals surface area contributed by atoms with Crippen molar-refractivity contribution in [1.82, 2.24) is 0 Å². The van der Waals surface area contributed by atoms with E-state index in [4.69, 9.17) is 19.3 Å². The summed E-state index contributed by atoms with van der Waals surface area (Å²) in [6, 6.07) is 0. The first-order chi connectivity index (χ1) is 16.0. The molecule has 0 aromatic heterocycles. The van der Waals surface area contributed by atoms with Gasteiger partial charge in [-0.1, -0.05) is 19.4 Å². The lowest BCUT2D eigenvalue weighted by Crippen LogP contribution is -2.51. The van der Waals surface area contributed by atoms with Crippen molar-refractivity contribution in [3.05, 3.63) is 11.6 Å². The first-order valence-electron chi connectivity index (χ1n) is 12.6. The largest absolute Gasteiger partial charge is 0.511 e. The van der Waals surface area contributed by atoms with Gasteiger partial charge in [0.05, 0.1) is 12.8 Å². The maximum atomic E-state index is 12.5. The number of carbonyl (C=O) groups is 4. The number of carbonyl (C=O) groups excluding carboxylic acids is 3. The number of hydrogen-bond donors (Lipinski definition) is 1. The number of ketones is 1. The average Bonchev–Trinajstić information content (AvgIpc) is 3.08. The van der Waals surface area contributed by atoms with Crippen LogP contribution in [0.2, 0.25) is 0 Å². The van der Waals surface area contributed by atoms with E-state index in [0.717, 1.165) is 44.9 Å². The second kappa shape index (κ2) is 9.34. The zero-order valence-electron chi connectivity index (χ0n) is 20.3. The summed E-state index contributed by atoms with van der Waals surface area (Å²) in [5.41, 5.74) is 1.33. The average molecular weight is 477 g/mol. The maximum absolute atomic E-state index is 12.5. The minimum Gasteiger partial charge on any atom is -0.481 e. The zero-order valence-corrected chi connectivity index (χ0v) is 20.3. The third-order valence-electron chi connectivity index (χ3n) is 9.22. The van der Waals surface area contributed by atoms with Gasteiger partial charge in [0.15, 0.2) is 5.78 Å². The Labute approximate surface area is 200 Å². The fourth-order valence-electron chi connectivity index (χ4n) is 7.46. The van der Waals surface area contributed by atoms with Gasteiger partial charge in [0.2, 0.25) is 6.29 Å². The van der Waals surface area contributed by atoms with Crippen LogP contribution in [-0.2, 0) is 28.6 Å². The third-order valence-corrected chi connectivity index (χ3v) is 9.22. The van der Waals surface area contributed by atoms with E-state index in [9.17, 15) is 19.2 Å². The Kier molecular flexibility index (Phi) is 6.80. The van der Waals surface area contributed by atoms with E-state index in [1.807, 2.05) is 6.08 Å². The van der Waals surface area contributed by atoms with Gasteiger partial charge in [-0.05, 0) is 74.2 Å².